The van der Waals surface area contributed by atoms with E-state index in [1.165, 1.54) is 0 Å². The minimum absolute atomic E-state index is 0.00177. The number of hydrogen-bond acceptors (Lipinski definition) is 3. The van der Waals surface area contributed by atoms with E-state index in [9.17, 15) is 4.79 Å². The van der Waals surface area contributed by atoms with Crippen molar-refractivity contribution in [1.29, 1.82) is 0 Å². The van der Waals surface area contributed by atoms with Crippen molar-refractivity contribution in [3.05, 3.63) is 34.9 Å². The van der Waals surface area contributed by atoms with E-state index in [1.54, 1.807) is 7.11 Å². The standard InChI is InChI=1S/C15H23ClN2O2/c1-11(13-5-7-14(16)8-6-13)18-12(2)15(19)17-9-4-10-20-3/h5-8,11-12,18H,4,9-10H2,1-3H3,(H,17,19). The van der Waals surface area contributed by atoms with Crippen LogP contribution in [0.3, 0.4) is 0 Å². The highest BCUT2D eigenvalue weighted by Gasteiger charge is 2.15. The molecule has 0 aliphatic rings. The zero-order chi connectivity index (χ0) is 15.0. The number of rotatable bonds is 8. The van der Waals surface area contributed by atoms with Gasteiger partial charge in [0.15, 0.2) is 0 Å². The summed E-state index contributed by atoms with van der Waals surface area (Å²) in [7, 11) is 1.65. The van der Waals surface area contributed by atoms with Gasteiger partial charge in [0.05, 0.1) is 6.04 Å². The topological polar surface area (TPSA) is 50.4 Å². The number of carbonyl (C=O) groups is 1. The van der Waals surface area contributed by atoms with E-state index in [0.717, 1.165) is 12.0 Å². The van der Waals surface area contributed by atoms with E-state index in [2.05, 4.69) is 10.6 Å². The van der Waals surface area contributed by atoms with Crippen LogP contribution in [-0.2, 0) is 9.53 Å². The number of ether oxygens (including phenoxy) is 1. The molecule has 2 unspecified atom stereocenters. The monoisotopic (exact) mass is 298 g/mol. The predicted octanol–water partition coefficient (Wildman–Crippen LogP) is 2.53. The van der Waals surface area contributed by atoms with Gasteiger partial charge in [0, 0.05) is 31.3 Å². The van der Waals surface area contributed by atoms with Crippen LogP contribution in [0.15, 0.2) is 24.3 Å². The van der Waals surface area contributed by atoms with E-state index in [-0.39, 0.29) is 18.0 Å². The molecule has 1 aromatic rings. The van der Waals surface area contributed by atoms with Gasteiger partial charge in [-0.3, -0.25) is 10.1 Å². The summed E-state index contributed by atoms with van der Waals surface area (Å²) in [5.41, 5.74) is 1.11. The lowest BCUT2D eigenvalue weighted by atomic mass is 10.1. The van der Waals surface area contributed by atoms with Crippen LogP contribution in [-0.4, -0.2) is 32.2 Å². The Morgan fingerprint density at radius 2 is 1.95 bits per heavy atom. The van der Waals surface area contributed by atoms with Crippen LogP contribution in [0.25, 0.3) is 0 Å². The van der Waals surface area contributed by atoms with Crippen LogP contribution >= 0.6 is 11.6 Å². The van der Waals surface area contributed by atoms with Crippen molar-refractivity contribution >= 4 is 17.5 Å². The third-order valence-electron chi connectivity index (χ3n) is 3.09. The number of halogens is 1. The second-order valence-corrected chi connectivity index (χ2v) is 5.24. The summed E-state index contributed by atoms with van der Waals surface area (Å²) in [6.45, 7) is 5.17. The lowest BCUT2D eigenvalue weighted by Crippen LogP contribution is -2.43. The smallest absolute Gasteiger partial charge is 0.236 e. The molecule has 112 valence electrons. The number of carbonyl (C=O) groups excluding carboxylic acids is 1. The molecule has 2 N–H and O–H groups in total. The minimum atomic E-state index is -0.247. The zero-order valence-corrected chi connectivity index (χ0v) is 13.0. The molecule has 0 aromatic heterocycles. The molecule has 0 saturated heterocycles. The Kier molecular flexibility index (Phi) is 7.59. The lowest BCUT2D eigenvalue weighted by Gasteiger charge is -2.20. The van der Waals surface area contributed by atoms with Gasteiger partial charge in [-0.05, 0) is 38.0 Å². The molecule has 2 atom stereocenters. The molecular formula is C15H23ClN2O2. The third kappa shape index (κ3) is 5.90. The summed E-state index contributed by atoms with van der Waals surface area (Å²) in [5.74, 6) is 0.00177. The first-order chi connectivity index (χ1) is 9.54. The van der Waals surface area contributed by atoms with Crippen molar-refractivity contribution in [2.24, 2.45) is 0 Å². The first-order valence-electron chi connectivity index (χ1n) is 6.82. The Morgan fingerprint density at radius 3 is 2.55 bits per heavy atom. The summed E-state index contributed by atoms with van der Waals surface area (Å²) < 4.78 is 4.94. The molecular weight excluding hydrogens is 276 g/mol. The largest absolute Gasteiger partial charge is 0.385 e. The molecule has 5 heteroatoms. The minimum Gasteiger partial charge on any atom is -0.385 e. The average Bonchev–Trinajstić information content (AvgIpc) is 2.44. The number of hydrogen-bond donors (Lipinski definition) is 2. The highest BCUT2D eigenvalue weighted by atomic mass is 35.5. The van der Waals surface area contributed by atoms with Crippen LogP contribution in [0, 0.1) is 0 Å². The maximum Gasteiger partial charge on any atom is 0.236 e. The van der Waals surface area contributed by atoms with Crippen LogP contribution < -0.4 is 10.6 Å². The van der Waals surface area contributed by atoms with Crippen molar-refractivity contribution in [3.63, 3.8) is 0 Å². The molecule has 0 radical (unpaired) electrons. The molecule has 1 aromatic carbocycles. The Morgan fingerprint density at radius 1 is 1.30 bits per heavy atom. The van der Waals surface area contributed by atoms with Gasteiger partial charge in [-0.1, -0.05) is 23.7 Å². The molecule has 0 saturated carbocycles. The van der Waals surface area contributed by atoms with E-state index >= 15 is 0 Å². The second-order valence-electron chi connectivity index (χ2n) is 4.80. The second kappa shape index (κ2) is 8.95. The summed E-state index contributed by atoms with van der Waals surface area (Å²) in [6, 6.07) is 7.47. The molecule has 0 aliphatic heterocycles. The van der Waals surface area contributed by atoms with Gasteiger partial charge >= 0.3 is 0 Å². The molecule has 0 spiro atoms. The van der Waals surface area contributed by atoms with Crippen LogP contribution in [0.4, 0.5) is 0 Å². The summed E-state index contributed by atoms with van der Waals surface area (Å²) in [5, 5.41) is 6.86. The van der Waals surface area contributed by atoms with E-state index in [1.807, 2.05) is 38.1 Å². The van der Waals surface area contributed by atoms with Crippen LogP contribution in [0.2, 0.25) is 5.02 Å². The van der Waals surface area contributed by atoms with Crippen LogP contribution in [0.1, 0.15) is 31.9 Å². The molecule has 4 nitrogen and oxygen atoms in total. The predicted molar refractivity (Wildman–Crippen MR) is 82.0 cm³/mol. The van der Waals surface area contributed by atoms with Crippen molar-refractivity contribution < 1.29 is 9.53 Å². The van der Waals surface area contributed by atoms with E-state index < -0.39 is 0 Å². The van der Waals surface area contributed by atoms with Gasteiger partial charge in [0.2, 0.25) is 5.91 Å². The van der Waals surface area contributed by atoms with Gasteiger partial charge in [-0.2, -0.15) is 0 Å². The van der Waals surface area contributed by atoms with E-state index in [0.29, 0.717) is 18.2 Å². The average molecular weight is 299 g/mol. The first kappa shape index (κ1) is 17.0. The van der Waals surface area contributed by atoms with Gasteiger partial charge in [-0.25, -0.2) is 0 Å². The zero-order valence-electron chi connectivity index (χ0n) is 12.3. The summed E-state index contributed by atoms with van der Waals surface area (Å²) >= 11 is 5.86. The Bertz CT molecular complexity index is 409. The Labute approximate surface area is 125 Å². The fourth-order valence-corrected chi connectivity index (χ4v) is 2.01. The molecule has 20 heavy (non-hydrogen) atoms. The Hall–Kier alpha value is -1.10. The number of benzene rings is 1. The van der Waals surface area contributed by atoms with Gasteiger partial charge in [0.1, 0.15) is 0 Å². The molecule has 0 heterocycles. The lowest BCUT2D eigenvalue weighted by molar-refractivity contribution is -0.122. The van der Waals surface area contributed by atoms with Crippen molar-refractivity contribution in [2.75, 3.05) is 20.3 Å². The maximum absolute atomic E-state index is 11.9. The summed E-state index contributed by atoms with van der Waals surface area (Å²) in [4.78, 5) is 11.9. The van der Waals surface area contributed by atoms with Crippen molar-refractivity contribution in [1.82, 2.24) is 10.6 Å². The van der Waals surface area contributed by atoms with Crippen LogP contribution in [0.5, 0.6) is 0 Å². The van der Waals surface area contributed by atoms with Crippen molar-refractivity contribution in [3.8, 4) is 0 Å². The Balaban J connectivity index is 2.38. The highest BCUT2D eigenvalue weighted by molar-refractivity contribution is 6.30. The van der Waals surface area contributed by atoms with E-state index in [4.69, 9.17) is 16.3 Å². The SMILES string of the molecule is COCCCNC(=O)C(C)NC(C)c1ccc(Cl)cc1. The van der Waals surface area contributed by atoms with Gasteiger partial charge < -0.3 is 10.1 Å². The quantitative estimate of drug-likeness (QED) is 0.725. The molecule has 0 aliphatic carbocycles. The van der Waals surface area contributed by atoms with Gasteiger partial charge in [-0.15, -0.1) is 0 Å². The maximum atomic E-state index is 11.9. The normalized spacial score (nSPS) is 13.8. The number of nitrogens with one attached hydrogen (secondary N) is 2. The highest BCUT2D eigenvalue weighted by Crippen LogP contribution is 2.16. The molecule has 1 rings (SSSR count). The van der Waals surface area contributed by atoms with Gasteiger partial charge in [0.25, 0.3) is 0 Å². The molecule has 0 fully saturated rings. The first-order valence-corrected chi connectivity index (χ1v) is 7.20. The third-order valence-corrected chi connectivity index (χ3v) is 3.34. The fourth-order valence-electron chi connectivity index (χ4n) is 1.88. The fraction of sp³-hybridized carbons (Fsp3) is 0.533. The number of amides is 1. The summed E-state index contributed by atoms with van der Waals surface area (Å²) in [6.07, 6.45) is 0.821. The molecule has 0 bridgehead atoms. The molecule has 1 amide bonds. The van der Waals surface area contributed by atoms with Crippen molar-refractivity contribution in [2.45, 2.75) is 32.4 Å². The number of methoxy groups -OCH3 is 1.